The summed E-state index contributed by atoms with van der Waals surface area (Å²) >= 11 is 0. The van der Waals surface area contributed by atoms with E-state index in [9.17, 15) is 18.0 Å². The van der Waals surface area contributed by atoms with Crippen molar-refractivity contribution in [3.8, 4) is 5.75 Å². The number of amides is 1. The van der Waals surface area contributed by atoms with Crippen molar-refractivity contribution in [2.45, 2.75) is 37.7 Å². The molecule has 8 nitrogen and oxygen atoms in total. The van der Waals surface area contributed by atoms with Crippen molar-refractivity contribution in [2.75, 3.05) is 24.6 Å². The van der Waals surface area contributed by atoms with Crippen LogP contribution in [0.15, 0.2) is 53.4 Å². The molecule has 0 aliphatic carbocycles. The van der Waals surface area contributed by atoms with Gasteiger partial charge in [0.25, 0.3) is 5.91 Å². The van der Waals surface area contributed by atoms with Gasteiger partial charge in [0.1, 0.15) is 5.75 Å². The van der Waals surface area contributed by atoms with Crippen LogP contribution in [0.25, 0.3) is 0 Å². The van der Waals surface area contributed by atoms with Crippen molar-refractivity contribution >= 4 is 27.6 Å². The van der Waals surface area contributed by atoms with Gasteiger partial charge >= 0.3 is 5.97 Å². The maximum atomic E-state index is 12.7. The molecule has 2 aromatic rings. The molecule has 0 aromatic heterocycles. The van der Waals surface area contributed by atoms with Crippen LogP contribution < -0.4 is 14.4 Å². The second-order valence-electron chi connectivity index (χ2n) is 7.05. The Morgan fingerprint density at radius 1 is 1.13 bits per heavy atom. The normalized spacial score (nSPS) is 14.1. The minimum Gasteiger partial charge on any atom is -0.494 e. The lowest BCUT2D eigenvalue weighted by molar-refractivity contribution is -0.153. The van der Waals surface area contributed by atoms with Gasteiger partial charge in [0.15, 0.2) is 6.10 Å². The van der Waals surface area contributed by atoms with Crippen LogP contribution in [-0.4, -0.2) is 46.1 Å². The van der Waals surface area contributed by atoms with Gasteiger partial charge in [-0.1, -0.05) is 18.2 Å². The van der Waals surface area contributed by atoms with Gasteiger partial charge in [-0.05, 0) is 56.2 Å². The molecular formula is C22H26N2O6S. The van der Waals surface area contributed by atoms with E-state index in [1.807, 2.05) is 31.2 Å². The fourth-order valence-electron chi connectivity index (χ4n) is 3.35. The summed E-state index contributed by atoms with van der Waals surface area (Å²) in [6.07, 6.45) is -0.387. The third-order valence-corrected chi connectivity index (χ3v) is 6.35. The molecule has 3 rings (SSSR count). The standard InChI is InChI=1S/C22H26N2O6S/c1-3-29-18-8-10-19(11-9-18)31(27,28)23-14-12-21(25)30-16(2)22(26)24-15-13-17-6-4-5-7-20(17)24/h4-11,16,23H,3,12-15H2,1-2H3/t16-/m0/s1. The molecule has 1 aliphatic heterocycles. The smallest absolute Gasteiger partial charge is 0.307 e. The molecule has 0 saturated carbocycles. The van der Waals surface area contributed by atoms with Crippen LogP contribution in [0.2, 0.25) is 0 Å². The SMILES string of the molecule is CCOc1ccc(S(=O)(=O)NCCC(=O)O[C@@H](C)C(=O)N2CCc3ccccc32)cc1. The maximum absolute atomic E-state index is 12.7. The van der Waals surface area contributed by atoms with Gasteiger partial charge < -0.3 is 14.4 Å². The minimum absolute atomic E-state index is 0.0700. The van der Waals surface area contributed by atoms with Crippen molar-refractivity contribution in [2.24, 2.45) is 0 Å². The summed E-state index contributed by atoms with van der Waals surface area (Å²) in [5.41, 5.74) is 1.91. The Hall–Kier alpha value is -2.91. The molecule has 0 unspecified atom stereocenters. The fraction of sp³-hybridized carbons (Fsp3) is 0.364. The fourth-order valence-corrected chi connectivity index (χ4v) is 4.38. The molecule has 1 amide bonds. The van der Waals surface area contributed by atoms with Gasteiger partial charge in [0.05, 0.1) is 17.9 Å². The van der Waals surface area contributed by atoms with E-state index in [1.165, 1.54) is 19.1 Å². The molecule has 166 valence electrons. The van der Waals surface area contributed by atoms with Crippen LogP contribution >= 0.6 is 0 Å². The highest BCUT2D eigenvalue weighted by Crippen LogP contribution is 2.28. The predicted molar refractivity (Wildman–Crippen MR) is 115 cm³/mol. The first-order valence-electron chi connectivity index (χ1n) is 10.1. The van der Waals surface area contributed by atoms with Crippen LogP contribution in [0, 0.1) is 0 Å². The van der Waals surface area contributed by atoms with Crippen LogP contribution in [0.1, 0.15) is 25.8 Å². The number of nitrogens with one attached hydrogen (secondary N) is 1. The highest BCUT2D eigenvalue weighted by molar-refractivity contribution is 7.89. The zero-order chi connectivity index (χ0) is 22.4. The predicted octanol–water partition coefficient (Wildman–Crippen LogP) is 2.27. The summed E-state index contributed by atoms with van der Waals surface area (Å²) in [4.78, 5) is 26.5. The molecule has 0 fully saturated rings. The van der Waals surface area contributed by atoms with Crippen molar-refractivity contribution in [1.29, 1.82) is 0 Å². The zero-order valence-electron chi connectivity index (χ0n) is 17.5. The van der Waals surface area contributed by atoms with Crippen LogP contribution in [-0.2, 0) is 30.8 Å². The second kappa shape index (κ2) is 9.93. The third kappa shape index (κ3) is 5.62. The summed E-state index contributed by atoms with van der Waals surface area (Å²) in [6.45, 7) is 4.25. The van der Waals surface area contributed by atoms with E-state index < -0.39 is 22.1 Å². The number of sulfonamides is 1. The molecule has 0 spiro atoms. The van der Waals surface area contributed by atoms with E-state index >= 15 is 0 Å². The highest BCUT2D eigenvalue weighted by atomic mass is 32.2. The molecule has 1 aliphatic rings. The molecule has 1 atom stereocenters. The molecular weight excluding hydrogens is 420 g/mol. The number of carbonyl (C=O) groups excluding carboxylic acids is 2. The van der Waals surface area contributed by atoms with E-state index in [-0.39, 0.29) is 23.8 Å². The molecule has 9 heteroatoms. The van der Waals surface area contributed by atoms with E-state index in [2.05, 4.69) is 4.72 Å². The average Bonchev–Trinajstić information content (AvgIpc) is 3.18. The first kappa shape index (κ1) is 22.8. The number of nitrogens with zero attached hydrogens (tertiary/aromatic N) is 1. The lowest BCUT2D eigenvalue weighted by atomic mass is 10.2. The van der Waals surface area contributed by atoms with Gasteiger partial charge in [-0.25, -0.2) is 13.1 Å². The molecule has 0 radical (unpaired) electrons. The first-order valence-corrected chi connectivity index (χ1v) is 11.6. The van der Waals surface area contributed by atoms with Crippen molar-refractivity contribution in [3.05, 3.63) is 54.1 Å². The van der Waals surface area contributed by atoms with Crippen molar-refractivity contribution in [1.82, 2.24) is 4.72 Å². The molecule has 0 saturated heterocycles. The van der Waals surface area contributed by atoms with E-state index in [1.54, 1.807) is 17.0 Å². The lowest BCUT2D eigenvalue weighted by Crippen LogP contribution is -2.39. The number of hydrogen-bond acceptors (Lipinski definition) is 6. The van der Waals surface area contributed by atoms with Gasteiger partial charge in [0, 0.05) is 18.8 Å². The molecule has 0 bridgehead atoms. The van der Waals surface area contributed by atoms with Gasteiger partial charge in [0.2, 0.25) is 10.0 Å². The van der Waals surface area contributed by atoms with Gasteiger partial charge in [-0.2, -0.15) is 0 Å². The average molecular weight is 447 g/mol. The summed E-state index contributed by atoms with van der Waals surface area (Å²) in [6, 6.07) is 13.6. The number of benzene rings is 2. The molecule has 1 N–H and O–H groups in total. The summed E-state index contributed by atoms with van der Waals surface area (Å²) in [7, 11) is -3.77. The topological polar surface area (TPSA) is 102 Å². The summed E-state index contributed by atoms with van der Waals surface area (Å²) in [5, 5.41) is 0. The minimum atomic E-state index is -3.77. The zero-order valence-corrected chi connectivity index (χ0v) is 18.4. The second-order valence-corrected chi connectivity index (χ2v) is 8.82. The number of esters is 1. The molecule has 2 aromatic carbocycles. The van der Waals surface area contributed by atoms with Crippen molar-refractivity contribution < 1.29 is 27.5 Å². The third-order valence-electron chi connectivity index (χ3n) is 4.88. The number of ether oxygens (including phenoxy) is 2. The van der Waals surface area contributed by atoms with E-state index in [4.69, 9.17) is 9.47 Å². The Morgan fingerprint density at radius 3 is 2.55 bits per heavy atom. The number of fused-ring (bicyclic) bond motifs is 1. The van der Waals surface area contributed by atoms with Crippen LogP contribution in [0.5, 0.6) is 5.75 Å². The van der Waals surface area contributed by atoms with Crippen LogP contribution in [0.3, 0.4) is 0 Å². The Balaban J connectivity index is 1.48. The number of carbonyl (C=O) groups is 2. The maximum Gasteiger partial charge on any atom is 0.307 e. The van der Waals surface area contributed by atoms with Gasteiger partial charge in [-0.15, -0.1) is 0 Å². The summed E-state index contributed by atoms with van der Waals surface area (Å²) < 4.78 is 37.6. The first-order chi connectivity index (χ1) is 14.8. The van der Waals surface area contributed by atoms with Gasteiger partial charge in [-0.3, -0.25) is 9.59 Å². The highest BCUT2D eigenvalue weighted by Gasteiger charge is 2.29. The monoisotopic (exact) mass is 446 g/mol. The quantitative estimate of drug-likeness (QED) is 0.593. The number of hydrogen-bond donors (Lipinski definition) is 1. The van der Waals surface area contributed by atoms with E-state index in [0.29, 0.717) is 18.9 Å². The Morgan fingerprint density at radius 2 is 1.84 bits per heavy atom. The number of para-hydroxylation sites is 1. The number of rotatable bonds is 9. The van der Waals surface area contributed by atoms with Crippen molar-refractivity contribution in [3.63, 3.8) is 0 Å². The molecule has 1 heterocycles. The Kier molecular flexibility index (Phi) is 7.29. The largest absolute Gasteiger partial charge is 0.494 e. The lowest BCUT2D eigenvalue weighted by Gasteiger charge is -2.21. The van der Waals surface area contributed by atoms with Crippen LogP contribution in [0.4, 0.5) is 5.69 Å². The van der Waals surface area contributed by atoms with E-state index in [0.717, 1.165) is 17.7 Å². The number of anilines is 1. The summed E-state index contributed by atoms with van der Waals surface area (Å²) in [5.74, 6) is -0.375. The Labute approximate surface area is 182 Å². The Bertz CT molecular complexity index is 1040. The molecule has 31 heavy (non-hydrogen) atoms.